The highest BCUT2D eigenvalue weighted by molar-refractivity contribution is 6.30. The molecular weight excluding hydrogens is 326 g/mol. The standard InChI is InChI=1S/C19H20ClNO3/c1-11(2)24-17-10-15-13(8-16(17)23-3)9-18(22)21-19(15)12-4-6-14(20)7-5-12/h4-8,10-11,19H,9H2,1-3H3,(H,21,22)/t19-/m0/s1/i3D3. The number of methoxy groups -OCH3 is 1. The smallest absolute Gasteiger partial charge is 0.225 e. The molecule has 1 aliphatic heterocycles. The summed E-state index contributed by atoms with van der Waals surface area (Å²) in [4.78, 5) is 12.2. The van der Waals surface area contributed by atoms with Crippen molar-refractivity contribution in [2.45, 2.75) is 32.4 Å². The molecule has 5 heteroatoms. The monoisotopic (exact) mass is 348 g/mol. The molecule has 0 spiro atoms. The van der Waals surface area contributed by atoms with Crippen LogP contribution in [0, 0.1) is 0 Å². The second-order valence-corrected chi connectivity index (χ2v) is 6.43. The largest absolute Gasteiger partial charge is 0.493 e. The van der Waals surface area contributed by atoms with Crippen LogP contribution < -0.4 is 14.8 Å². The Morgan fingerprint density at radius 3 is 2.67 bits per heavy atom. The summed E-state index contributed by atoms with van der Waals surface area (Å²) in [5, 5.41) is 3.57. The van der Waals surface area contributed by atoms with Crippen molar-refractivity contribution in [2.75, 3.05) is 7.04 Å². The van der Waals surface area contributed by atoms with Crippen LogP contribution >= 0.6 is 11.6 Å². The van der Waals surface area contributed by atoms with Gasteiger partial charge in [-0.1, -0.05) is 23.7 Å². The molecule has 1 aliphatic rings. The zero-order valence-electron chi connectivity index (χ0n) is 16.4. The summed E-state index contributed by atoms with van der Waals surface area (Å²) >= 11 is 5.97. The molecule has 0 aromatic heterocycles. The van der Waals surface area contributed by atoms with Gasteiger partial charge in [-0.05, 0) is 54.8 Å². The average Bonchev–Trinajstić information content (AvgIpc) is 2.54. The molecule has 0 bridgehead atoms. The predicted octanol–water partition coefficient (Wildman–Crippen LogP) is 3.90. The molecule has 0 radical (unpaired) electrons. The van der Waals surface area contributed by atoms with Crippen LogP contribution in [0.4, 0.5) is 0 Å². The minimum Gasteiger partial charge on any atom is -0.493 e. The van der Waals surface area contributed by atoms with Gasteiger partial charge in [-0.25, -0.2) is 0 Å². The maximum absolute atomic E-state index is 12.2. The molecule has 2 aromatic rings. The first-order valence-electron chi connectivity index (χ1n) is 9.20. The highest BCUT2D eigenvalue weighted by atomic mass is 35.5. The van der Waals surface area contributed by atoms with Gasteiger partial charge in [0.25, 0.3) is 0 Å². The number of fused-ring (bicyclic) bond motifs is 1. The average molecular weight is 349 g/mol. The fraction of sp³-hybridized carbons (Fsp3) is 0.316. The van der Waals surface area contributed by atoms with Gasteiger partial charge in [0, 0.05) is 5.02 Å². The number of nitrogens with one attached hydrogen (secondary N) is 1. The lowest BCUT2D eigenvalue weighted by molar-refractivity contribution is -0.121. The molecule has 126 valence electrons. The van der Waals surface area contributed by atoms with E-state index < -0.39 is 7.04 Å². The van der Waals surface area contributed by atoms with Crippen molar-refractivity contribution >= 4 is 17.5 Å². The summed E-state index contributed by atoms with van der Waals surface area (Å²) in [6, 6.07) is 10.2. The van der Waals surface area contributed by atoms with Crippen LogP contribution in [0.15, 0.2) is 36.4 Å². The molecule has 4 nitrogen and oxygen atoms in total. The van der Waals surface area contributed by atoms with Crippen molar-refractivity contribution in [3.63, 3.8) is 0 Å². The zero-order chi connectivity index (χ0) is 19.8. The van der Waals surface area contributed by atoms with Crippen LogP contribution in [0.2, 0.25) is 5.02 Å². The van der Waals surface area contributed by atoms with E-state index in [2.05, 4.69) is 5.32 Å². The van der Waals surface area contributed by atoms with E-state index in [0.29, 0.717) is 16.3 Å². The molecule has 1 heterocycles. The number of hydrogen-bond acceptors (Lipinski definition) is 3. The molecule has 1 atom stereocenters. The lowest BCUT2D eigenvalue weighted by Crippen LogP contribution is -2.35. The summed E-state index contributed by atoms with van der Waals surface area (Å²) < 4.78 is 33.1. The molecule has 1 N–H and O–H groups in total. The van der Waals surface area contributed by atoms with E-state index in [9.17, 15) is 4.79 Å². The topological polar surface area (TPSA) is 47.6 Å². The van der Waals surface area contributed by atoms with Crippen LogP contribution in [-0.4, -0.2) is 19.0 Å². The van der Waals surface area contributed by atoms with Crippen LogP contribution in [0.5, 0.6) is 11.5 Å². The minimum atomic E-state index is -2.62. The Morgan fingerprint density at radius 2 is 2.00 bits per heavy atom. The van der Waals surface area contributed by atoms with E-state index in [1.807, 2.05) is 26.0 Å². The molecule has 0 saturated heterocycles. The third-order valence-corrected chi connectivity index (χ3v) is 4.10. The number of amides is 1. The fourth-order valence-electron chi connectivity index (χ4n) is 2.85. The highest BCUT2D eigenvalue weighted by Gasteiger charge is 2.28. The molecule has 24 heavy (non-hydrogen) atoms. The van der Waals surface area contributed by atoms with Gasteiger partial charge in [0.15, 0.2) is 11.5 Å². The van der Waals surface area contributed by atoms with E-state index >= 15 is 0 Å². The molecular formula is C19H20ClNO3. The van der Waals surface area contributed by atoms with Gasteiger partial charge in [0.2, 0.25) is 5.91 Å². The maximum atomic E-state index is 12.2. The molecule has 0 saturated carbocycles. The minimum absolute atomic E-state index is 0.104. The van der Waals surface area contributed by atoms with Crippen LogP contribution in [0.3, 0.4) is 0 Å². The molecule has 1 amide bonds. The number of carbonyl (C=O) groups is 1. The lowest BCUT2D eigenvalue weighted by Gasteiger charge is -2.28. The number of carbonyl (C=O) groups excluding carboxylic acids is 1. The number of benzene rings is 2. The van der Waals surface area contributed by atoms with E-state index in [0.717, 1.165) is 11.1 Å². The van der Waals surface area contributed by atoms with Gasteiger partial charge in [-0.3, -0.25) is 4.79 Å². The Labute approximate surface area is 150 Å². The van der Waals surface area contributed by atoms with Crippen LogP contribution in [0.25, 0.3) is 0 Å². The van der Waals surface area contributed by atoms with Crippen molar-refractivity contribution in [1.82, 2.24) is 5.32 Å². The SMILES string of the molecule is [2H]C([2H])([2H])Oc1cc2c(cc1OC(C)C)[C@H](c1ccc(Cl)cc1)NC(=O)C2. The second kappa shape index (κ2) is 6.73. The van der Waals surface area contributed by atoms with E-state index in [4.69, 9.17) is 25.2 Å². The Balaban J connectivity index is 2.10. The third-order valence-electron chi connectivity index (χ3n) is 3.85. The Morgan fingerprint density at radius 1 is 1.25 bits per heavy atom. The van der Waals surface area contributed by atoms with Gasteiger partial charge >= 0.3 is 0 Å². The second-order valence-electron chi connectivity index (χ2n) is 6.00. The van der Waals surface area contributed by atoms with E-state index in [1.165, 1.54) is 0 Å². The predicted molar refractivity (Wildman–Crippen MR) is 93.9 cm³/mol. The number of hydrogen-bond donors (Lipinski definition) is 1. The molecule has 0 unspecified atom stereocenters. The molecule has 2 aromatic carbocycles. The van der Waals surface area contributed by atoms with Crippen LogP contribution in [-0.2, 0) is 11.2 Å². The fourth-order valence-corrected chi connectivity index (χ4v) is 2.97. The first-order chi connectivity index (χ1) is 12.6. The van der Waals surface area contributed by atoms with Crippen molar-refractivity contribution < 1.29 is 18.4 Å². The summed E-state index contributed by atoms with van der Waals surface area (Å²) in [6.45, 7) is 3.69. The number of halogens is 1. The third kappa shape index (κ3) is 3.34. The van der Waals surface area contributed by atoms with Crippen molar-refractivity contribution in [3.8, 4) is 11.5 Å². The molecule has 0 fully saturated rings. The lowest BCUT2D eigenvalue weighted by atomic mass is 9.89. The quantitative estimate of drug-likeness (QED) is 0.911. The summed E-state index contributed by atoms with van der Waals surface area (Å²) in [5.41, 5.74) is 2.41. The maximum Gasteiger partial charge on any atom is 0.225 e. The summed E-state index contributed by atoms with van der Waals surface area (Å²) in [7, 11) is -2.62. The van der Waals surface area contributed by atoms with Gasteiger partial charge < -0.3 is 14.8 Å². The number of ether oxygens (including phenoxy) is 2. The Kier molecular flexibility index (Phi) is 3.68. The normalized spacial score (nSPS) is 18.9. The van der Waals surface area contributed by atoms with Crippen molar-refractivity contribution in [2.24, 2.45) is 0 Å². The molecule has 3 rings (SSSR count). The van der Waals surface area contributed by atoms with Gasteiger partial charge in [0.05, 0.1) is 29.7 Å². The van der Waals surface area contributed by atoms with Crippen molar-refractivity contribution in [3.05, 3.63) is 58.1 Å². The Hall–Kier alpha value is -2.20. The first kappa shape index (κ1) is 13.1. The van der Waals surface area contributed by atoms with E-state index in [1.54, 1.807) is 24.3 Å². The van der Waals surface area contributed by atoms with Crippen molar-refractivity contribution in [1.29, 1.82) is 0 Å². The van der Waals surface area contributed by atoms with Gasteiger partial charge in [-0.15, -0.1) is 0 Å². The zero-order valence-corrected chi connectivity index (χ0v) is 14.2. The van der Waals surface area contributed by atoms with Crippen LogP contribution in [0.1, 0.15) is 40.7 Å². The first-order valence-corrected chi connectivity index (χ1v) is 8.07. The molecule has 0 aliphatic carbocycles. The highest BCUT2D eigenvalue weighted by Crippen LogP contribution is 2.38. The summed E-state index contributed by atoms with van der Waals surface area (Å²) in [5.74, 6) is 0.279. The van der Waals surface area contributed by atoms with Gasteiger partial charge in [0.1, 0.15) is 0 Å². The summed E-state index contributed by atoms with van der Waals surface area (Å²) in [6.07, 6.45) is -0.0344. The van der Waals surface area contributed by atoms with Gasteiger partial charge in [-0.2, -0.15) is 0 Å². The number of rotatable bonds is 4. The van der Waals surface area contributed by atoms with E-state index in [-0.39, 0.29) is 30.2 Å². The Bertz CT molecular complexity index is 851.